The van der Waals surface area contributed by atoms with Crippen LogP contribution in [0.25, 0.3) is 10.9 Å². The normalized spacial score (nSPS) is 12.6. The van der Waals surface area contributed by atoms with Gasteiger partial charge in [0.2, 0.25) is 0 Å². The first kappa shape index (κ1) is 15.1. The number of rotatable bonds is 6. The number of para-hydroxylation sites is 1. The molecule has 0 spiro atoms. The summed E-state index contributed by atoms with van der Waals surface area (Å²) < 4.78 is 0. The molecule has 0 radical (unpaired) electrons. The van der Waals surface area contributed by atoms with Crippen molar-refractivity contribution >= 4 is 28.5 Å². The van der Waals surface area contributed by atoms with Crippen LogP contribution in [0.3, 0.4) is 0 Å². The Morgan fingerprint density at radius 3 is 2.80 bits per heavy atom. The van der Waals surface area contributed by atoms with Crippen molar-refractivity contribution in [2.24, 2.45) is 0 Å². The number of aromatic nitrogens is 1. The van der Waals surface area contributed by atoms with Crippen molar-refractivity contribution in [2.75, 3.05) is 24.0 Å². The summed E-state index contributed by atoms with van der Waals surface area (Å²) in [5.41, 5.74) is 1.88. The van der Waals surface area contributed by atoms with Crippen LogP contribution in [0.15, 0.2) is 30.3 Å². The zero-order valence-corrected chi connectivity index (χ0v) is 13.2. The monoisotopic (exact) mass is 290 g/mol. The predicted octanol–water partition coefficient (Wildman–Crippen LogP) is 3.30. The molecule has 0 bridgehead atoms. The summed E-state index contributed by atoms with van der Waals surface area (Å²) in [5, 5.41) is 10.6. The largest absolute Gasteiger partial charge is 0.392 e. The molecule has 0 saturated carbocycles. The van der Waals surface area contributed by atoms with Crippen LogP contribution >= 0.6 is 11.8 Å². The summed E-state index contributed by atoms with van der Waals surface area (Å²) in [4.78, 5) is 6.92. The van der Waals surface area contributed by atoms with Gasteiger partial charge in [0.05, 0.1) is 12.1 Å². The lowest BCUT2D eigenvalue weighted by molar-refractivity contribution is 0.283. The Balaban J connectivity index is 2.34. The molecule has 2 aromatic rings. The zero-order chi connectivity index (χ0) is 14.5. The Kier molecular flexibility index (Phi) is 5.26. The molecule has 3 nitrogen and oxygen atoms in total. The zero-order valence-electron chi connectivity index (χ0n) is 12.3. The van der Waals surface area contributed by atoms with Crippen molar-refractivity contribution in [3.05, 3.63) is 35.9 Å². The lowest BCUT2D eigenvalue weighted by atomic mass is 10.1. The minimum atomic E-state index is 0.0447. The number of aliphatic hydroxyl groups is 1. The van der Waals surface area contributed by atoms with Gasteiger partial charge in [-0.05, 0) is 43.0 Å². The molecular weight excluding hydrogens is 268 g/mol. The molecule has 1 heterocycles. The van der Waals surface area contributed by atoms with E-state index in [4.69, 9.17) is 4.98 Å². The Morgan fingerprint density at radius 2 is 2.10 bits per heavy atom. The van der Waals surface area contributed by atoms with Gasteiger partial charge in [0.25, 0.3) is 0 Å². The lowest BCUT2D eigenvalue weighted by Gasteiger charge is -2.26. The number of nitrogens with zero attached hydrogens (tertiary/aromatic N) is 2. The van der Waals surface area contributed by atoms with E-state index in [9.17, 15) is 5.11 Å². The van der Waals surface area contributed by atoms with Crippen molar-refractivity contribution in [1.29, 1.82) is 0 Å². The van der Waals surface area contributed by atoms with E-state index in [0.717, 1.165) is 34.5 Å². The quantitative estimate of drug-likeness (QED) is 0.885. The van der Waals surface area contributed by atoms with Crippen LogP contribution in [0.5, 0.6) is 0 Å². The standard InChI is InChI=1S/C16H22N2OS/c1-12(8-9-20-3)18(2)16-10-13(11-19)14-6-4-5-7-15(14)17-16/h4-7,10,12,19H,8-9,11H2,1-3H3. The molecule has 0 saturated heterocycles. The topological polar surface area (TPSA) is 36.4 Å². The molecule has 0 fully saturated rings. The van der Waals surface area contributed by atoms with Crippen LogP contribution in [-0.2, 0) is 6.61 Å². The summed E-state index contributed by atoms with van der Waals surface area (Å²) in [6, 6.07) is 10.4. The van der Waals surface area contributed by atoms with Crippen LogP contribution in [0, 0.1) is 0 Å². The highest BCUT2D eigenvalue weighted by atomic mass is 32.2. The van der Waals surface area contributed by atoms with E-state index in [2.05, 4.69) is 25.1 Å². The minimum Gasteiger partial charge on any atom is -0.392 e. The van der Waals surface area contributed by atoms with E-state index in [-0.39, 0.29) is 6.61 Å². The highest BCUT2D eigenvalue weighted by Crippen LogP contribution is 2.24. The van der Waals surface area contributed by atoms with Crippen molar-refractivity contribution in [3.8, 4) is 0 Å². The van der Waals surface area contributed by atoms with E-state index in [1.54, 1.807) is 0 Å². The third kappa shape index (κ3) is 3.25. The van der Waals surface area contributed by atoms with Crippen LogP contribution in [0.2, 0.25) is 0 Å². The van der Waals surface area contributed by atoms with Gasteiger partial charge in [-0.15, -0.1) is 0 Å². The van der Waals surface area contributed by atoms with E-state index in [1.165, 1.54) is 0 Å². The Morgan fingerprint density at radius 1 is 1.35 bits per heavy atom. The maximum absolute atomic E-state index is 9.57. The second kappa shape index (κ2) is 6.95. The molecule has 4 heteroatoms. The summed E-state index contributed by atoms with van der Waals surface area (Å²) in [7, 11) is 2.07. The molecule has 1 aromatic heterocycles. The van der Waals surface area contributed by atoms with Gasteiger partial charge < -0.3 is 10.0 Å². The van der Waals surface area contributed by atoms with Gasteiger partial charge >= 0.3 is 0 Å². The number of aliphatic hydroxyl groups excluding tert-OH is 1. The second-order valence-electron chi connectivity index (χ2n) is 5.06. The van der Waals surface area contributed by atoms with E-state index in [1.807, 2.05) is 42.1 Å². The molecule has 0 aliphatic rings. The Bertz CT molecular complexity index is 573. The molecule has 2 rings (SSSR count). The van der Waals surface area contributed by atoms with Crippen LogP contribution in [0.4, 0.5) is 5.82 Å². The molecule has 1 unspecified atom stereocenters. The third-order valence-corrected chi connectivity index (χ3v) is 4.36. The number of anilines is 1. The Labute approximate surface area is 125 Å². The van der Waals surface area contributed by atoms with E-state index >= 15 is 0 Å². The molecule has 20 heavy (non-hydrogen) atoms. The first-order valence-corrected chi connectivity index (χ1v) is 8.28. The summed E-state index contributed by atoms with van der Waals surface area (Å²) >= 11 is 1.87. The van der Waals surface area contributed by atoms with E-state index < -0.39 is 0 Å². The molecule has 1 atom stereocenters. The average molecular weight is 290 g/mol. The Hall–Kier alpha value is -1.26. The predicted molar refractivity (Wildman–Crippen MR) is 88.5 cm³/mol. The van der Waals surface area contributed by atoms with Gasteiger partial charge in [0.1, 0.15) is 5.82 Å². The summed E-state index contributed by atoms with van der Waals surface area (Å²) in [5.74, 6) is 2.08. The number of benzene rings is 1. The molecule has 108 valence electrons. The average Bonchev–Trinajstić information content (AvgIpc) is 2.50. The first-order chi connectivity index (χ1) is 9.67. The maximum Gasteiger partial charge on any atom is 0.129 e. The number of fused-ring (bicyclic) bond motifs is 1. The second-order valence-corrected chi connectivity index (χ2v) is 6.04. The van der Waals surface area contributed by atoms with Gasteiger partial charge in [-0.2, -0.15) is 11.8 Å². The van der Waals surface area contributed by atoms with Crippen molar-refractivity contribution in [3.63, 3.8) is 0 Å². The van der Waals surface area contributed by atoms with Gasteiger partial charge in [-0.25, -0.2) is 4.98 Å². The van der Waals surface area contributed by atoms with Crippen molar-refractivity contribution < 1.29 is 5.11 Å². The highest BCUT2D eigenvalue weighted by molar-refractivity contribution is 7.98. The third-order valence-electron chi connectivity index (χ3n) is 3.72. The smallest absolute Gasteiger partial charge is 0.129 e. The van der Waals surface area contributed by atoms with Crippen LogP contribution in [0.1, 0.15) is 18.9 Å². The molecule has 0 aliphatic heterocycles. The van der Waals surface area contributed by atoms with E-state index in [0.29, 0.717) is 6.04 Å². The fourth-order valence-electron chi connectivity index (χ4n) is 2.25. The molecule has 1 N–H and O–H groups in total. The van der Waals surface area contributed by atoms with Gasteiger partial charge in [-0.3, -0.25) is 0 Å². The molecule has 1 aromatic carbocycles. The summed E-state index contributed by atoms with van der Waals surface area (Å²) in [6.45, 7) is 2.26. The van der Waals surface area contributed by atoms with Gasteiger partial charge in [0.15, 0.2) is 0 Å². The van der Waals surface area contributed by atoms with Gasteiger partial charge in [0, 0.05) is 18.5 Å². The number of hydrogen-bond donors (Lipinski definition) is 1. The maximum atomic E-state index is 9.57. The SMILES string of the molecule is CSCCC(C)N(C)c1cc(CO)c2ccccc2n1. The lowest BCUT2D eigenvalue weighted by Crippen LogP contribution is -2.30. The molecule has 0 aliphatic carbocycles. The fraction of sp³-hybridized carbons (Fsp3) is 0.438. The summed E-state index contributed by atoms with van der Waals surface area (Å²) in [6.07, 6.45) is 3.26. The fourth-order valence-corrected chi connectivity index (χ4v) is 2.83. The first-order valence-electron chi connectivity index (χ1n) is 6.88. The van der Waals surface area contributed by atoms with Crippen LogP contribution < -0.4 is 4.90 Å². The highest BCUT2D eigenvalue weighted by Gasteiger charge is 2.13. The minimum absolute atomic E-state index is 0.0447. The number of thioether (sulfide) groups is 1. The number of pyridine rings is 1. The molecule has 0 amide bonds. The molecular formula is C16H22N2OS. The van der Waals surface area contributed by atoms with Crippen molar-refractivity contribution in [2.45, 2.75) is 26.0 Å². The van der Waals surface area contributed by atoms with Crippen molar-refractivity contribution in [1.82, 2.24) is 4.98 Å². The van der Waals surface area contributed by atoms with Gasteiger partial charge in [-0.1, -0.05) is 18.2 Å². The number of hydrogen-bond acceptors (Lipinski definition) is 4. The van der Waals surface area contributed by atoms with Crippen LogP contribution in [-0.4, -0.2) is 35.2 Å².